The maximum absolute atomic E-state index is 11.0. The van der Waals surface area contributed by atoms with E-state index in [4.69, 9.17) is 22.1 Å². The fourth-order valence-electron chi connectivity index (χ4n) is 2.41. The van der Waals surface area contributed by atoms with Crippen LogP contribution in [0.5, 0.6) is 5.75 Å². The molecule has 6 heteroatoms. The number of hydrogen-bond donors (Lipinski definition) is 1. The van der Waals surface area contributed by atoms with Crippen molar-refractivity contribution in [1.82, 2.24) is 0 Å². The third-order valence-corrected chi connectivity index (χ3v) is 4.43. The van der Waals surface area contributed by atoms with Gasteiger partial charge in [-0.15, -0.1) is 0 Å². The van der Waals surface area contributed by atoms with Crippen molar-refractivity contribution in [3.05, 3.63) is 33.3 Å². The molecule has 0 spiro atoms. The smallest absolute Gasteiger partial charge is 0.312 e. The van der Waals surface area contributed by atoms with Crippen molar-refractivity contribution in [2.24, 2.45) is 11.1 Å². The van der Waals surface area contributed by atoms with E-state index in [1.54, 1.807) is 12.1 Å². The van der Waals surface area contributed by atoms with Gasteiger partial charge < -0.3 is 10.5 Å². The molecule has 104 valence electrons. The minimum Gasteiger partial charge on any atom is -0.483 e. The molecule has 0 aromatic heterocycles. The van der Waals surface area contributed by atoms with Crippen LogP contribution in [0.15, 0.2) is 18.2 Å². The van der Waals surface area contributed by atoms with Gasteiger partial charge in [-0.05, 0) is 18.6 Å². The molecule has 0 amide bonds. The number of benzene rings is 1. The molecule has 1 aromatic rings. The van der Waals surface area contributed by atoms with Gasteiger partial charge in [-0.2, -0.15) is 0 Å². The predicted molar refractivity (Wildman–Crippen MR) is 73.5 cm³/mol. The number of rotatable bonds is 4. The van der Waals surface area contributed by atoms with E-state index in [-0.39, 0.29) is 29.0 Å². The zero-order valence-corrected chi connectivity index (χ0v) is 11.7. The number of halogens is 1. The van der Waals surface area contributed by atoms with Crippen molar-refractivity contribution < 1.29 is 9.66 Å². The molecule has 19 heavy (non-hydrogen) atoms. The first-order valence-electron chi connectivity index (χ1n) is 6.24. The molecule has 0 radical (unpaired) electrons. The second-order valence-electron chi connectivity index (χ2n) is 5.18. The molecular formula is C13H17ClN2O3. The van der Waals surface area contributed by atoms with Gasteiger partial charge in [0.05, 0.1) is 4.92 Å². The van der Waals surface area contributed by atoms with Gasteiger partial charge >= 0.3 is 5.69 Å². The van der Waals surface area contributed by atoms with E-state index in [0.29, 0.717) is 11.4 Å². The summed E-state index contributed by atoms with van der Waals surface area (Å²) in [5, 5.41) is 11.3. The summed E-state index contributed by atoms with van der Waals surface area (Å²) in [6.07, 6.45) is 1.50. The molecule has 0 bridgehead atoms. The topological polar surface area (TPSA) is 78.4 Å². The highest BCUT2D eigenvalue weighted by Gasteiger charge is 2.50. The van der Waals surface area contributed by atoms with Gasteiger partial charge in [-0.25, -0.2) is 0 Å². The summed E-state index contributed by atoms with van der Waals surface area (Å²) >= 11 is 5.77. The van der Waals surface area contributed by atoms with E-state index < -0.39 is 4.92 Å². The normalized spacial score (nSPS) is 29.7. The Morgan fingerprint density at radius 2 is 2.32 bits per heavy atom. The van der Waals surface area contributed by atoms with E-state index in [9.17, 15) is 10.1 Å². The van der Waals surface area contributed by atoms with E-state index >= 15 is 0 Å². The lowest BCUT2D eigenvalue weighted by molar-refractivity contribution is -0.386. The van der Waals surface area contributed by atoms with E-state index in [1.165, 1.54) is 6.07 Å². The highest BCUT2D eigenvalue weighted by atomic mass is 35.5. The van der Waals surface area contributed by atoms with Crippen molar-refractivity contribution in [2.45, 2.75) is 38.8 Å². The molecule has 0 saturated heterocycles. The fourth-order valence-corrected chi connectivity index (χ4v) is 2.57. The molecule has 1 fully saturated rings. The average molecular weight is 285 g/mol. The molecular weight excluding hydrogens is 268 g/mol. The Hall–Kier alpha value is -1.33. The number of nitro benzene ring substituents is 1. The maximum Gasteiger partial charge on any atom is 0.312 e. The summed E-state index contributed by atoms with van der Waals surface area (Å²) in [4.78, 5) is 10.5. The van der Waals surface area contributed by atoms with Gasteiger partial charge in [0.15, 0.2) is 5.75 Å². The monoisotopic (exact) mass is 284 g/mol. The Kier molecular flexibility index (Phi) is 3.69. The van der Waals surface area contributed by atoms with Crippen LogP contribution >= 0.6 is 11.6 Å². The van der Waals surface area contributed by atoms with Crippen LogP contribution in [-0.4, -0.2) is 17.1 Å². The van der Waals surface area contributed by atoms with Gasteiger partial charge in [0.2, 0.25) is 0 Å². The minimum atomic E-state index is -0.483. The first-order chi connectivity index (χ1) is 8.88. The quantitative estimate of drug-likeness (QED) is 0.680. The third kappa shape index (κ3) is 2.40. The van der Waals surface area contributed by atoms with Crippen molar-refractivity contribution in [3.63, 3.8) is 0 Å². The zero-order chi connectivity index (χ0) is 14.2. The number of hydrogen-bond acceptors (Lipinski definition) is 4. The van der Waals surface area contributed by atoms with Gasteiger partial charge in [-0.1, -0.05) is 25.4 Å². The zero-order valence-electron chi connectivity index (χ0n) is 10.9. The van der Waals surface area contributed by atoms with Crippen LogP contribution in [0.2, 0.25) is 5.02 Å². The van der Waals surface area contributed by atoms with Crippen molar-refractivity contribution in [2.75, 3.05) is 0 Å². The van der Waals surface area contributed by atoms with E-state index in [1.807, 2.05) is 13.8 Å². The standard InChI is InChI=1S/C13H17ClN2O3/c1-3-13(2)11(15)7-12(13)19-10-5-4-8(14)6-9(10)16(17)18/h4-6,11-12H,3,7,15H2,1-2H3. The first kappa shape index (κ1) is 14.1. The summed E-state index contributed by atoms with van der Waals surface area (Å²) in [7, 11) is 0. The van der Waals surface area contributed by atoms with Crippen LogP contribution in [-0.2, 0) is 0 Å². The fraction of sp³-hybridized carbons (Fsp3) is 0.538. The van der Waals surface area contributed by atoms with Gasteiger partial charge in [0.1, 0.15) is 6.10 Å². The van der Waals surface area contributed by atoms with Crippen molar-refractivity contribution in [1.29, 1.82) is 0 Å². The van der Waals surface area contributed by atoms with E-state index in [0.717, 1.165) is 6.42 Å². The van der Waals surface area contributed by atoms with Crippen LogP contribution in [0, 0.1) is 15.5 Å². The molecule has 1 saturated carbocycles. The first-order valence-corrected chi connectivity index (χ1v) is 6.62. The van der Waals surface area contributed by atoms with Gasteiger partial charge in [0, 0.05) is 29.0 Å². The van der Waals surface area contributed by atoms with Crippen LogP contribution in [0.25, 0.3) is 0 Å². The average Bonchev–Trinajstić information content (AvgIpc) is 2.38. The van der Waals surface area contributed by atoms with Crippen LogP contribution in [0.1, 0.15) is 26.7 Å². The molecule has 0 aliphatic heterocycles. The molecule has 3 unspecified atom stereocenters. The molecule has 1 aliphatic rings. The van der Waals surface area contributed by atoms with Gasteiger partial charge in [-0.3, -0.25) is 10.1 Å². The molecule has 0 heterocycles. The lowest BCUT2D eigenvalue weighted by Crippen LogP contribution is -2.61. The molecule has 1 aliphatic carbocycles. The molecule has 3 atom stereocenters. The highest BCUT2D eigenvalue weighted by molar-refractivity contribution is 6.30. The minimum absolute atomic E-state index is 0.0776. The third-order valence-electron chi connectivity index (χ3n) is 4.20. The number of nitrogens with two attached hydrogens (primary N) is 1. The largest absolute Gasteiger partial charge is 0.483 e. The van der Waals surface area contributed by atoms with Crippen LogP contribution < -0.4 is 10.5 Å². The second-order valence-corrected chi connectivity index (χ2v) is 5.61. The molecule has 5 nitrogen and oxygen atoms in total. The number of nitrogens with zero attached hydrogens (tertiary/aromatic N) is 1. The van der Waals surface area contributed by atoms with Gasteiger partial charge in [0.25, 0.3) is 0 Å². The van der Waals surface area contributed by atoms with Crippen LogP contribution in [0.3, 0.4) is 0 Å². The summed E-state index contributed by atoms with van der Waals surface area (Å²) < 4.78 is 5.79. The number of nitro groups is 1. The Balaban J connectivity index is 2.23. The maximum atomic E-state index is 11.0. The Bertz CT molecular complexity index is 509. The predicted octanol–water partition coefficient (Wildman–Crippen LogP) is 3.14. The Morgan fingerprint density at radius 3 is 2.84 bits per heavy atom. The summed E-state index contributed by atoms with van der Waals surface area (Å²) in [5.74, 6) is 0.256. The summed E-state index contributed by atoms with van der Waals surface area (Å²) in [5.41, 5.74) is 5.76. The summed E-state index contributed by atoms with van der Waals surface area (Å²) in [6.45, 7) is 4.10. The lowest BCUT2D eigenvalue weighted by Gasteiger charge is -2.51. The lowest BCUT2D eigenvalue weighted by atomic mass is 9.62. The van der Waals surface area contributed by atoms with E-state index in [2.05, 4.69) is 0 Å². The highest BCUT2D eigenvalue weighted by Crippen LogP contribution is 2.46. The van der Waals surface area contributed by atoms with Crippen molar-refractivity contribution in [3.8, 4) is 5.75 Å². The second kappa shape index (κ2) is 4.98. The van der Waals surface area contributed by atoms with Crippen molar-refractivity contribution >= 4 is 17.3 Å². The summed E-state index contributed by atoms with van der Waals surface area (Å²) in [6, 6.07) is 4.51. The molecule has 1 aromatic carbocycles. The number of ether oxygens (including phenoxy) is 1. The van der Waals surface area contributed by atoms with Crippen LogP contribution in [0.4, 0.5) is 5.69 Å². The molecule has 2 N–H and O–H groups in total. The molecule has 2 rings (SSSR count). The SMILES string of the molecule is CCC1(C)C(N)CC1Oc1ccc(Cl)cc1[N+](=O)[O-]. The Morgan fingerprint density at radius 1 is 1.63 bits per heavy atom. The Labute approximate surface area is 116 Å².